The summed E-state index contributed by atoms with van der Waals surface area (Å²) in [5.74, 6) is 0.387. The maximum absolute atomic E-state index is 10.8. The zero-order valence-electron chi connectivity index (χ0n) is 8.55. The van der Waals surface area contributed by atoms with Gasteiger partial charge in [0.25, 0.3) is 0 Å². The van der Waals surface area contributed by atoms with E-state index in [1.165, 1.54) is 0 Å². The monoisotopic (exact) mass is 252 g/mol. The van der Waals surface area contributed by atoms with Gasteiger partial charge < -0.3 is 4.74 Å². The molecule has 1 aromatic rings. The van der Waals surface area contributed by atoms with Gasteiger partial charge in [-0.25, -0.2) is 8.42 Å². The smallest absolute Gasteiger partial charge is 0.232 e. The second kappa shape index (κ2) is 4.85. The third-order valence-corrected chi connectivity index (χ3v) is 3.04. The third kappa shape index (κ3) is 5.03. The zero-order valence-corrected chi connectivity index (χ0v) is 10.1. The molecule has 0 fully saturated rings. The molecule has 0 aromatic carbocycles. The molecule has 15 heavy (non-hydrogen) atoms. The first-order chi connectivity index (χ1) is 6.87. The molecule has 0 bridgehead atoms. The molecule has 1 rings (SSSR count). The molecule has 1 heterocycles. The maximum Gasteiger partial charge on any atom is 0.232 e. The lowest BCUT2D eigenvalue weighted by Gasteiger charge is -2.09. The van der Waals surface area contributed by atoms with E-state index in [0.717, 1.165) is 0 Å². The number of hydrogen-bond donors (Lipinski definition) is 0. The predicted octanol–water partition coefficient (Wildman–Crippen LogP) is 1.00. The Morgan fingerprint density at radius 2 is 2.33 bits per heavy atom. The van der Waals surface area contributed by atoms with E-state index < -0.39 is 9.05 Å². The number of rotatable bonds is 5. The summed E-state index contributed by atoms with van der Waals surface area (Å²) in [6.07, 6.45) is 3.28. The average Bonchev–Trinajstić information content (AvgIpc) is 2.45. The molecule has 0 amide bonds. The van der Waals surface area contributed by atoms with Crippen molar-refractivity contribution in [1.29, 1.82) is 0 Å². The van der Waals surface area contributed by atoms with Crippen LogP contribution in [-0.4, -0.2) is 30.6 Å². The van der Waals surface area contributed by atoms with Crippen molar-refractivity contribution in [3.05, 3.63) is 12.4 Å². The fourth-order valence-electron chi connectivity index (χ4n) is 1.10. The lowest BCUT2D eigenvalue weighted by atomic mass is 10.2. The van der Waals surface area contributed by atoms with E-state index in [-0.39, 0.29) is 11.7 Å². The molecule has 0 saturated heterocycles. The Hall–Kier alpha value is -0.750. The van der Waals surface area contributed by atoms with Crippen molar-refractivity contribution in [3.63, 3.8) is 0 Å². The van der Waals surface area contributed by atoms with Gasteiger partial charge in [-0.1, -0.05) is 6.92 Å². The van der Waals surface area contributed by atoms with E-state index in [0.29, 0.717) is 12.4 Å². The SMILES string of the molecule is CC(COc1cnn(C)c1)CS(=O)(=O)Cl. The molecule has 0 radical (unpaired) electrons. The van der Waals surface area contributed by atoms with Crippen LogP contribution in [0.15, 0.2) is 12.4 Å². The number of halogens is 1. The third-order valence-electron chi connectivity index (χ3n) is 1.70. The van der Waals surface area contributed by atoms with Gasteiger partial charge in [-0.15, -0.1) is 0 Å². The van der Waals surface area contributed by atoms with Crippen molar-refractivity contribution >= 4 is 19.7 Å². The predicted molar refractivity (Wildman–Crippen MR) is 57.5 cm³/mol. The Morgan fingerprint density at radius 1 is 1.67 bits per heavy atom. The lowest BCUT2D eigenvalue weighted by Crippen LogP contribution is -2.16. The molecule has 5 nitrogen and oxygen atoms in total. The number of hydrogen-bond acceptors (Lipinski definition) is 4. The highest BCUT2D eigenvalue weighted by atomic mass is 35.7. The first-order valence-electron chi connectivity index (χ1n) is 4.40. The summed E-state index contributed by atoms with van der Waals surface area (Å²) in [6, 6.07) is 0. The Morgan fingerprint density at radius 3 is 2.80 bits per heavy atom. The average molecular weight is 253 g/mol. The second-order valence-corrected chi connectivity index (χ2v) is 6.29. The van der Waals surface area contributed by atoms with Crippen LogP contribution in [0.5, 0.6) is 5.75 Å². The minimum absolute atomic E-state index is 0.0885. The van der Waals surface area contributed by atoms with Gasteiger partial charge in [-0.05, 0) is 0 Å². The molecule has 86 valence electrons. The number of ether oxygens (including phenoxy) is 1. The standard InChI is InChI=1S/C8H13ClN2O3S/c1-7(6-15(9,12)13)5-14-8-3-10-11(2)4-8/h3-4,7H,5-6H2,1-2H3. The van der Waals surface area contributed by atoms with Crippen LogP contribution in [-0.2, 0) is 16.1 Å². The van der Waals surface area contributed by atoms with Crippen LogP contribution >= 0.6 is 10.7 Å². The summed E-state index contributed by atoms with van der Waals surface area (Å²) in [7, 11) is 3.44. The van der Waals surface area contributed by atoms with Crippen LogP contribution in [0.25, 0.3) is 0 Å². The molecule has 1 atom stereocenters. The topological polar surface area (TPSA) is 61.2 Å². The summed E-state index contributed by atoms with van der Waals surface area (Å²) in [5.41, 5.74) is 0. The van der Waals surface area contributed by atoms with E-state index in [1.807, 2.05) is 0 Å². The van der Waals surface area contributed by atoms with Crippen molar-refractivity contribution in [2.24, 2.45) is 13.0 Å². The van der Waals surface area contributed by atoms with Crippen LogP contribution in [0, 0.1) is 5.92 Å². The molecule has 0 spiro atoms. The fraction of sp³-hybridized carbons (Fsp3) is 0.625. The molecule has 7 heteroatoms. The molecule has 1 aromatic heterocycles. The summed E-state index contributed by atoms with van der Waals surface area (Å²) in [6.45, 7) is 2.06. The van der Waals surface area contributed by atoms with Gasteiger partial charge in [0.15, 0.2) is 5.75 Å². The van der Waals surface area contributed by atoms with Crippen molar-refractivity contribution in [3.8, 4) is 5.75 Å². The molecule has 1 unspecified atom stereocenters. The van der Waals surface area contributed by atoms with E-state index in [9.17, 15) is 8.42 Å². The maximum atomic E-state index is 10.8. The van der Waals surface area contributed by atoms with E-state index >= 15 is 0 Å². The van der Waals surface area contributed by atoms with Gasteiger partial charge in [0.1, 0.15) is 0 Å². The Balaban J connectivity index is 2.37. The molecule has 0 N–H and O–H groups in total. The minimum Gasteiger partial charge on any atom is -0.490 e. The number of aromatic nitrogens is 2. The molecule has 0 aliphatic carbocycles. The number of nitrogens with zero attached hydrogens (tertiary/aromatic N) is 2. The van der Waals surface area contributed by atoms with Gasteiger partial charge >= 0.3 is 0 Å². The number of aryl methyl sites for hydroxylation is 1. The zero-order chi connectivity index (χ0) is 11.5. The van der Waals surface area contributed by atoms with E-state index in [1.54, 1.807) is 31.0 Å². The van der Waals surface area contributed by atoms with Crippen LogP contribution in [0.4, 0.5) is 0 Å². The second-order valence-electron chi connectivity index (χ2n) is 3.47. The lowest BCUT2D eigenvalue weighted by molar-refractivity contribution is 0.272. The van der Waals surface area contributed by atoms with Gasteiger partial charge in [-0.2, -0.15) is 5.10 Å². The molecular formula is C8H13ClN2O3S. The molecule has 0 saturated carbocycles. The van der Waals surface area contributed by atoms with Gasteiger partial charge in [0.05, 0.1) is 24.8 Å². The van der Waals surface area contributed by atoms with Crippen molar-refractivity contribution in [1.82, 2.24) is 9.78 Å². The molecular weight excluding hydrogens is 240 g/mol. The van der Waals surface area contributed by atoms with Crippen molar-refractivity contribution in [2.75, 3.05) is 12.4 Å². The van der Waals surface area contributed by atoms with E-state index in [4.69, 9.17) is 15.4 Å². The Kier molecular flexibility index (Phi) is 3.98. The first kappa shape index (κ1) is 12.3. The highest BCUT2D eigenvalue weighted by Crippen LogP contribution is 2.11. The Labute approximate surface area is 93.4 Å². The minimum atomic E-state index is -3.45. The highest BCUT2D eigenvalue weighted by molar-refractivity contribution is 8.13. The molecule has 0 aliphatic rings. The summed E-state index contributed by atoms with van der Waals surface area (Å²) < 4.78 is 28.4. The van der Waals surface area contributed by atoms with Crippen molar-refractivity contribution in [2.45, 2.75) is 6.92 Å². The molecule has 0 aliphatic heterocycles. The quantitative estimate of drug-likeness (QED) is 0.734. The van der Waals surface area contributed by atoms with Crippen LogP contribution in [0.3, 0.4) is 0 Å². The Bertz CT molecular complexity index is 415. The van der Waals surface area contributed by atoms with Gasteiger partial charge in [0, 0.05) is 23.6 Å². The van der Waals surface area contributed by atoms with Crippen LogP contribution in [0.1, 0.15) is 6.92 Å². The summed E-state index contributed by atoms with van der Waals surface area (Å²) in [5, 5.41) is 3.92. The normalized spacial score (nSPS) is 13.8. The van der Waals surface area contributed by atoms with Crippen LogP contribution < -0.4 is 4.74 Å². The fourth-order valence-corrected chi connectivity index (χ4v) is 2.52. The summed E-state index contributed by atoms with van der Waals surface area (Å²) in [4.78, 5) is 0. The summed E-state index contributed by atoms with van der Waals surface area (Å²) >= 11 is 0. The first-order valence-corrected chi connectivity index (χ1v) is 6.88. The van der Waals surface area contributed by atoms with Crippen molar-refractivity contribution < 1.29 is 13.2 Å². The van der Waals surface area contributed by atoms with Crippen LogP contribution in [0.2, 0.25) is 0 Å². The van der Waals surface area contributed by atoms with E-state index in [2.05, 4.69) is 5.10 Å². The van der Waals surface area contributed by atoms with Gasteiger partial charge in [0.2, 0.25) is 9.05 Å². The van der Waals surface area contributed by atoms with Gasteiger partial charge in [-0.3, -0.25) is 4.68 Å². The highest BCUT2D eigenvalue weighted by Gasteiger charge is 2.13. The largest absolute Gasteiger partial charge is 0.490 e.